The number of hydrogen-bond donors (Lipinski definition) is 0. The zero-order chi connectivity index (χ0) is 12.3. The highest BCUT2D eigenvalue weighted by Crippen LogP contribution is 1.96. The Morgan fingerprint density at radius 2 is 2.06 bits per heavy atom. The minimum atomic E-state index is -0.217. The molecule has 1 aliphatic heterocycles. The summed E-state index contributed by atoms with van der Waals surface area (Å²) in [7, 11) is 5.96. The minimum Gasteiger partial charge on any atom is -0.365 e. The lowest BCUT2D eigenvalue weighted by Gasteiger charge is -2.22. The topological polar surface area (TPSA) is 47.9 Å². The maximum Gasteiger partial charge on any atom is 0.327 e. The van der Waals surface area contributed by atoms with Crippen LogP contribution in [0.25, 0.3) is 0 Å². The van der Waals surface area contributed by atoms with Crippen molar-refractivity contribution in [2.75, 3.05) is 34.3 Å². The molecule has 0 spiro atoms. The number of nitrogens with zero attached hydrogens (tertiary/aromatic N) is 2. The second kappa shape index (κ2) is 9.21. The van der Waals surface area contributed by atoms with E-state index >= 15 is 0 Å². The maximum absolute atomic E-state index is 9.76. The predicted molar refractivity (Wildman–Crippen MR) is 64.3 cm³/mol. The second-order valence-electron chi connectivity index (χ2n) is 4.00. The van der Waals surface area contributed by atoms with E-state index in [9.17, 15) is 4.57 Å². The van der Waals surface area contributed by atoms with Crippen molar-refractivity contribution < 1.29 is 18.4 Å². The number of allylic oxidation sites excluding steroid dienone is 3. The molecule has 0 saturated carbocycles. The van der Waals surface area contributed by atoms with Crippen LogP contribution in [0.3, 0.4) is 0 Å². The molecule has 0 bridgehead atoms. The van der Waals surface area contributed by atoms with Crippen LogP contribution in [0.5, 0.6) is 0 Å². The fourth-order valence-corrected chi connectivity index (χ4v) is 0.808. The van der Waals surface area contributed by atoms with Crippen LogP contribution in [0.1, 0.15) is 0 Å². The molecule has 0 aliphatic carbocycles. The molecule has 0 unspecified atom stereocenters. The lowest BCUT2D eigenvalue weighted by Crippen LogP contribution is -2.37. The van der Waals surface area contributed by atoms with Crippen molar-refractivity contribution in [2.24, 2.45) is 5.16 Å². The molecule has 5 nitrogen and oxygen atoms in total. The Balaban J connectivity index is 0.000000288. The van der Waals surface area contributed by atoms with Crippen LogP contribution in [0.15, 0.2) is 29.6 Å². The van der Waals surface area contributed by atoms with Crippen LogP contribution in [-0.4, -0.2) is 45.0 Å². The molecular weight excluding hydrogens is 227 g/mol. The number of hydrogen-bond acceptors (Lipinski definition) is 4. The molecule has 0 amide bonds. The van der Waals surface area contributed by atoms with Crippen molar-refractivity contribution in [1.29, 1.82) is 0 Å². The molecule has 0 atom stereocenters. The summed E-state index contributed by atoms with van der Waals surface area (Å²) in [6, 6.07) is 0. The Hall–Kier alpha value is -1.03. The van der Waals surface area contributed by atoms with Crippen LogP contribution in [0, 0.1) is 0 Å². The number of rotatable bonds is 4. The van der Waals surface area contributed by atoms with E-state index in [0.717, 1.165) is 11.0 Å². The van der Waals surface area contributed by atoms with Gasteiger partial charge in [0.05, 0.1) is 27.4 Å². The highest BCUT2D eigenvalue weighted by atomic mass is 31.1. The number of oxime groups is 1. The van der Waals surface area contributed by atoms with Crippen molar-refractivity contribution in [2.45, 2.75) is 0 Å². The zero-order valence-corrected chi connectivity index (χ0v) is 10.8. The highest BCUT2D eigenvalue weighted by Gasteiger charge is 2.04. The van der Waals surface area contributed by atoms with Gasteiger partial charge in [-0.15, -0.1) is 0 Å². The standard InChI is InChI=1S/C5H13NO2P.C5H5NO/c1-6(2,3)4-5-8-9-7;1-2-4-6-7-5-3-1/h4-5H2,1-3H3;1-5H/q+1;. The Morgan fingerprint density at radius 3 is 2.69 bits per heavy atom. The zero-order valence-electron chi connectivity index (χ0n) is 9.87. The van der Waals surface area contributed by atoms with E-state index in [1.165, 1.54) is 6.26 Å². The number of quaternary nitrogens is 1. The van der Waals surface area contributed by atoms with Gasteiger partial charge in [0.15, 0.2) is 0 Å². The molecule has 0 aromatic heterocycles. The molecule has 0 fully saturated rings. The molecule has 0 N–H and O–H groups in total. The van der Waals surface area contributed by atoms with Gasteiger partial charge in [-0.1, -0.05) is 11.2 Å². The van der Waals surface area contributed by atoms with Crippen molar-refractivity contribution in [3.63, 3.8) is 0 Å². The monoisotopic (exact) mass is 245 g/mol. The summed E-state index contributed by atoms with van der Waals surface area (Å²) >= 11 is 0. The molecule has 1 aliphatic rings. The van der Waals surface area contributed by atoms with Crippen LogP contribution in [-0.2, 0) is 13.9 Å². The second-order valence-corrected chi connectivity index (χ2v) is 4.40. The quantitative estimate of drug-likeness (QED) is 0.432. The lowest BCUT2D eigenvalue weighted by molar-refractivity contribution is -0.870. The summed E-state index contributed by atoms with van der Waals surface area (Å²) in [6.45, 7) is 1.43. The van der Waals surface area contributed by atoms with Gasteiger partial charge in [-0.05, 0) is 12.2 Å². The summed E-state index contributed by atoms with van der Waals surface area (Å²) < 4.78 is 15.2. The van der Waals surface area contributed by atoms with E-state index in [1.54, 1.807) is 18.4 Å². The van der Waals surface area contributed by atoms with Gasteiger partial charge in [0.25, 0.3) is 0 Å². The van der Waals surface area contributed by atoms with E-state index in [-0.39, 0.29) is 8.69 Å². The van der Waals surface area contributed by atoms with Gasteiger partial charge in [-0.2, -0.15) is 0 Å². The van der Waals surface area contributed by atoms with E-state index in [1.807, 2.05) is 6.08 Å². The lowest BCUT2D eigenvalue weighted by atomic mass is 10.5. The average molecular weight is 245 g/mol. The van der Waals surface area contributed by atoms with E-state index in [4.69, 9.17) is 0 Å². The van der Waals surface area contributed by atoms with Crippen LogP contribution in [0.4, 0.5) is 0 Å². The van der Waals surface area contributed by atoms with Crippen molar-refractivity contribution in [1.82, 2.24) is 0 Å². The minimum absolute atomic E-state index is 0.217. The molecule has 16 heavy (non-hydrogen) atoms. The first-order valence-electron chi connectivity index (χ1n) is 4.82. The molecule has 0 saturated heterocycles. The largest absolute Gasteiger partial charge is 0.365 e. The molecule has 0 radical (unpaired) electrons. The van der Waals surface area contributed by atoms with E-state index in [0.29, 0.717) is 6.61 Å². The molecule has 1 heterocycles. The van der Waals surface area contributed by atoms with Crippen LogP contribution < -0.4 is 0 Å². The van der Waals surface area contributed by atoms with Gasteiger partial charge in [0, 0.05) is 0 Å². The third-order valence-corrected chi connectivity index (χ3v) is 1.76. The Bertz CT molecular complexity index is 256. The normalized spacial score (nSPS) is 13.9. The molecule has 90 valence electrons. The maximum atomic E-state index is 9.76. The molecule has 0 aromatic carbocycles. The summed E-state index contributed by atoms with van der Waals surface area (Å²) in [6.07, 6.45) is 8.51. The number of likely N-dealkylation sites (N-methyl/N-ethyl adjacent to an activating group) is 1. The SMILES string of the molecule is C1=CC=NOC=C1.C[N+](C)(C)CCOP=O. The van der Waals surface area contributed by atoms with Crippen molar-refractivity contribution in [3.8, 4) is 0 Å². The first-order chi connectivity index (χ1) is 7.56. The Morgan fingerprint density at radius 1 is 1.31 bits per heavy atom. The fraction of sp³-hybridized carbons (Fsp3) is 0.500. The smallest absolute Gasteiger partial charge is 0.327 e. The molecule has 1 rings (SSSR count). The van der Waals surface area contributed by atoms with Gasteiger partial charge in [-0.25, -0.2) is 4.57 Å². The first kappa shape index (κ1) is 15.0. The van der Waals surface area contributed by atoms with Gasteiger partial charge in [-0.3, -0.25) is 4.52 Å². The summed E-state index contributed by atoms with van der Waals surface area (Å²) in [5.74, 6) is 0. The van der Waals surface area contributed by atoms with Gasteiger partial charge in [0.2, 0.25) is 0 Å². The predicted octanol–water partition coefficient (Wildman–Crippen LogP) is 1.99. The Kier molecular flexibility index (Phi) is 8.62. The van der Waals surface area contributed by atoms with Gasteiger partial charge < -0.3 is 9.32 Å². The molecular formula is C10H18N2O3P+. The first-order valence-corrected chi connectivity index (χ1v) is 5.55. The van der Waals surface area contributed by atoms with Crippen molar-refractivity contribution in [3.05, 3.63) is 24.5 Å². The summed E-state index contributed by atoms with van der Waals surface area (Å²) in [4.78, 5) is 4.52. The van der Waals surface area contributed by atoms with E-state index in [2.05, 4.69) is 35.7 Å². The van der Waals surface area contributed by atoms with Gasteiger partial charge >= 0.3 is 8.69 Å². The fourth-order valence-electron chi connectivity index (χ4n) is 0.652. The summed E-state index contributed by atoms with van der Waals surface area (Å²) in [5.41, 5.74) is 0. The highest BCUT2D eigenvalue weighted by molar-refractivity contribution is 7.17. The third kappa shape index (κ3) is 13.0. The van der Waals surface area contributed by atoms with Gasteiger partial charge in [0.1, 0.15) is 19.4 Å². The Labute approximate surface area is 97.9 Å². The average Bonchev–Trinajstić information content (AvgIpc) is 2.48. The van der Waals surface area contributed by atoms with Crippen LogP contribution >= 0.6 is 8.69 Å². The summed E-state index contributed by atoms with van der Waals surface area (Å²) in [5, 5.41) is 3.47. The van der Waals surface area contributed by atoms with Crippen LogP contribution in [0.2, 0.25) is 0 Å². The third-order valence-electron chi connectivity index (χ3n) is 1.48. The van der Waals surface area contributed by atoms with Crippen molar-refractivity contribution >= 4 is 14.9 Å². The van der Waals surface area contributed by atoms with E-state index < -0.39 is 0 Å². The molecule has 0 aromatic rings. The molecule has 6 heteroatoms.